The molecule has 0 spiro atoms. The summed E-state index contributed by atoms with van der Waals surface area (Å²) in [5.41, 5.74) is 5.78. The van der Waals surface area contributed by atoms with Crippen molar-refractivity contribution in [3.63, 3.8) is 0 Å². The quantitative estimate of drug-likeness (QED) is 0.811. The molecular weight excluding hydrogens is 261 g/mol. The SMILES string of the molecule is CC(CNC(=O)C1CCC(N)C1)N(C)C.Cl.Cl. The molecule has 1 aliphatic carbocycles. The normalized spacial score (nSPS) is 24.8. The molecule has 0 bridgehead atoms. The topological polar surface area (TPSA) is 58.4 Å². The molecule has 0 aromatic carbocycles. The van der Waals surface area contributed by atoms with E-state index in [1.54, 1.807) is 0 Å². The summed E-state index contributed by atoms with van der Waals surface area (Å²) in [4.78, 5) is 13.8. The monoisotopic (exact) mass is 285 g/mol. The Hall–Kier alpha value is -0.0300. The first-order valence-electron chi connectivity index (χ1n) is 5.70. The van der Waals surface area contributed by atoms with Gasteiger partial charge in [-0.15, -0.1) is 24.8 Å². The Labute approximate surface area is 117 Å². The smallest absolute Gasteiger partial charge is 0.223 e. The predicted molar refractivity (Wildman–Crippen MR) is 76.0 cm³/mol. The van der Waals surface area contributed by atoms with Crippen LogP contribution in [-0.2, 0) is 4.79 Å². The lowest BCUT2D eigenvalue weighted by Crippen LogP contribution is -2.40. The van der Waals surface area contributed by atoms with E-state index in [9.17, 15) is 4.79 Å². The maximum absolute atomic E-state index is 11.7. The zero-order chi connectivity index (χ0) is 11.4. The average molecular weight is 286 g/mol. The van der Waals surface area contributed by atoms with Gasteiger partial charge in [0.2, 0.25) is 5.91 Å². The van der Waals surface area contributed by atoms with Gasteiger partial charge in [0, 0.05) is 24.5 Å². The van der Waals surface area contributed by atoms with Crippen molar-refractivity contribution < 1.29 is 4.79 Å². The largest absolute Gasteiger partial charge is 0.354 e. The Morgan fingerprint density at radius 1 is 1.41 bits per heavy atom. The highest BCUT2D eigenvalue weighted by molar-refractivity contribution is 5.85. The van der Waals surface area contributed by atoms with E-state index in [1.807, 2.05) is 14.1 Å². The molecule has 0 aliphatic heterocycles. The maximum Gasteiger partial charge on any atom is 0.223 e. The van der Waals surface area contributed by atoms with Crippen LogP contribution in [0.1, 0.15) is 26.2 Å². The van der Waals surface area contributed by atoms with Gasteiger partial charge in [0.1, 0.15) is 0 Å². The Morgan fingerprint density at radius 2 is 2.00 bits per heavy atom. The molecule has 1 fully saturated rings. The number of halogens is 2. The van der Waals surface area contributed by atoms with Crippen LogP contribution in [0.15, 0.2) is 0 Å². The van der Waals surface area contributed by atoms with Gasteiger partial charge in [-0.2, -0.15) is 0 Å². The first-order chi connectivity index (χ1) is 7.00. The molecule has 1 amide bonds. The van der Waals surface area contributed by atoms with Crippen LogP contribution in [0.5, 0.6) is 0 Å². The third-order valence-corrected chi connectivity index (χ3v) is 3.30. The molecule has 0 aromatic heterocycles. The van der Waals surface area contributed by atoms with Gasteiger partial charge in [-0.25, -0.2) is 0 Å². The van der Waals surface area contributed by atoms with Gasteiger partial charge in [0.15, 0.2) is 0 Å². The number of hydrogen-bond acceptors (Lipinski definition) is 3. The van der Waals surface area contributed by atoms with Gasteiger partial charge in [-0.05, 0) is 40.3 Å². The lowest BCUT2D eigenvalue weighted by atomic mass is 10.1. The molecule has 0 aromatic rings. The number of hydrogen-bond donors (Lipinski definition) is 2. The zero-order valence-electron chi connectivity index (χ0n) is 10.8. The average Bonchev–Trinajstić information content (AvgIpc) is 2.60. The zero-order valence-corrected chi connectivity index (χ0v) is 12.4. The molecule has 1 saturated carbocycles. The van der Waals surface area contributed by atoms with Gasteiger partial charge in [-0.3, -0.25) is 4.79 Å². The van der Waals surface area contributed by atoms with Crippen LogP contribution in [-0.4, -0.2) is 43.5 Å². The molecular formula is C11H25Cl2N3O. The van der Waals surface area contributed by atoms with Crippen LogP contribution in [0.2, 0.25) is 0 Å². The molecule has 3 unspecified atom stereocenters. The number of likely N-dealkylation sites (N-methyl/N-ethyl adjacent to an activating group) is 1. The number of carbonyl (C=O) groups is 1. The molecule has 3 atom stereocenters. The molecule has 1 aliphatic rings. The van der Waals surface area contributed by atoms with Gasteiger partial charge in [0.05, 0.1) is 0 Å². The van der Waals surface area contributed by atoms with Gasteiger partial charge >= 0.3 is 0 Å². The molecule has 1 rings (SSSR count). The van der Waals surface area contributed by atoms with Crippen molar-refractivity contribution in [1.82, 2.24) is 10.2 Å². The van der Waals surface area contributed by atoms with Crippen LogP contribution in [0, 0.1) is 5.92 Å². The summed E-state index contributed by atoms with van der Waals surface area (Å²) in [6.07, 6.45) is 2.78. The molecule has 0 radical (unpaired) electrons. The minimum atomic E-state index is 0. The second-order valence-electron chi connectivity index (χ2n) is 4.83. The Kier molecular flexibility index (Phi) is 10.2. The Balaban J connectivity index is 0. The maximum atomic E-state index is 11.7. The highest BCUT2D eigenvalue weighted by atomic mass is 35.5. The summed E-state index contributed by atoms with van der Waals surface area (Å²) in [6, 6.07) is 0.607. The van der Waals surface area contributed by atoms with E-state index in [2.05, 4.69) is 17.1 Å². The van der Waals surface area contributed by atoms with Crippen LogP contribution in [0.4, 0.5) is 0 Å². The van der Waals surface area contributed by atoms with E-state index in [1.165, 1.54) is 0 Å². The number of nitrogens with two attached hydrogens (primary N) is 1. The molecule has 104 valence electrons. The van der Waals surface area contributed by atoms with Crippen molar-refractivity contribution in [2.24, 2.45) is 11.7 Å². The standard InChI is InChI=1S/C11H23N3O.2ClH/c1-8(14(2)3)7-13-11(15)9-4-5-10(12)6-9;;/h8-10H,4-7,12H2,1-3H3,(H,13,15);2*1H. The third-order valence-electron chi connectivity index (χ3n) is 3.30. The minimum absolute atomic E-state index is 0. The lowest BCUT2D eigenvalue weighted by Gasteiger charge is -2.21. The van der Waals surface area contributed by atoms with E-state index in [4.69, 9.17) is 5.73 Å². The van der Waals surface area contributed by atoms with E-state index in [-0.39, 0.29) is 42.7 Å². The highest BCUT2D eigenvalue weighted by Gasteiger charge is 2.27. The van der Waals surface area contributed by atoms with E-state index >= 15 is 0 Å². The summed E-state index contributed by atoms with van der Waals surface area (Å²) in [6.45, 7) is 2.82. The summed E-state index contributed by atoms with van der Waals surface area (Å²) in [7, 11) is 4.03. The van der Waals surface area contributed by atoms with Crippen LogP contribution in [0.25, 0.3) is 0 Å². The summed E-state index contributed by atoms with van der Waals surface area (Å²) in [5.74, 6) is 0.325. The van der Waals surface area contributed by atoms with E-state index in [0.29, 0.717) is 6.04 Å². The second kappa shape index (κ2) is 8.97. The summed E-state index contributed by atoms with van der Waals surface area (Å²) < 4.78 is 0. The van der Waals surface area contributed by atoms with Crippen molar-refractivity contribution in [3.05, 3.63) is 0 Å². The number of nitrogens with zero attached hydrogens (tertiary/aromatic N) is 1. The van der Waals surface area contributed by atoms with Gasteiger partial charge < -0.3 is 16.0 Å². The molecule has 17 heavy (non-hydrogen) atoms. The van der Waals surface area contributed by atoms with Crippen LogP contribution >= 0.6 is 24.8 Å². The molecule has 0 heterocycles. The molecule has 3 N–H and O–H groups in total. The van der Waals surface area contributed by atoms with E-state index < -0.39 is 0 Å². The summed E-state index contributed by atoms with van der Waals surface area (Å²) in [5, 5.41) is 2.99. The fraction of sp³-hybridized carbons (Fsp3) is 0.909. The fourth-order valence-corrected chi connectivity index (χ4v) is 1.83. The fourth-order valence-electron chi connectivity index (χ4n) is 1.83. The summed E-state index contributed by atoms with van der Waals surface area (Å²) >= 11 is 0. The number of carbonyl (C=O) groups excluding carboxylic acids is 1. The van der Waals surface area contributed by atoms with Crippen molar-refractivity contribution in [1.29, 1.82) is 0 Å². The lowest BCUT2D eigenvalue weighted by molar-refractivity contribution is -0.125. The number of nitrogens with one attached hydrogen (secondary N) is 1. The predicted octanol–water partition coefficient (Wildman–Crippen LogP) is 1.02. The minimum Gasteiger partial charge on any atom is -0.354 e. The van der Waals surface area contributed by atoms with Crippen molar-refractivity contribution in [2.75, 3.05) is 20.6 Å². The van der Waals surface area contributed by atoms with Gasteiger partial charge in [-0.1, -0.05) is 0 Å². The first kappa shape index (κ1) is 19.3. The number of rotatable bonds is 4. The highest BCUT2D eigenvalue weighted by Crippen LogP contribution is 2.23. The molecule has 0 saturated heterocycles. The molecule has 6 heteroatoms. The van der Waals surface area contributed by atoms with Crippen molar-refractivity contribution in [2.45, 2.75) is 38.3 Å². The van der Waals surface area contributed by atoms with Crippen LogP contribution < -0.4 is 11.1 Å². The van der Waals surface area contributed by atoms with Crippen molar-refractivity contribution >= 4 is 30.7 Å². The van der Waals surface area contributed by atoms with Crippen molar-refractivity contribution in [3.8, 4) is 0 Å². The second-order valence-corrected chi connectivity index (χ2v) is 4.83. The number of amides is 1. The Morgan fingerprint density at radius 3 is 2.41 bits per heavy atom. The Bertz CT molecular complexity index is 227. The van der Waals surface area contributed by atoms with Crippen LogP contribution in [0.3, 0.4) is 0 Å². The first-order valence-corrected chi connectivity index (χ1v) is 5.70. The van der Waals surface area contributed by atoms with E-state index in [0.717, 1.165) is 25.8 Å². The third kappa shape index (κ3) is 6.46. The van der Waals surface area contributed by atoms with Gasteiger partial charge in [0.25, 0.3) is 0 Å². The molecule has 4 nitrogen and oxygen atoms in total.